The molecule has 8 nitrogen and oxygen atoms in total. The minimum Gasteiger partial charge on any atom is -0.454 e. The maximum atomic E-state index is 13.2. The quantitative estimate of drug-likeness (QED) is 0.423. The van der Waals surface area contributed by atoms with Gasteiger partial charge in [0.15, 0.2) is 11.5 Å². The van der Waals surface area contributed by atoms with E-state index < -0.39 is 0 Å². The summed E-state index contributed by atoms with van der Waals surface area (Å²) in [6.45, 7) is 3.17. The molecule has 1 fully saturated rings. The number of carbonyl (C=O) groups excluding carboxylic acids is 1. The van der Waals surface area contributed by atoms with Crippen LogP contribution in [0.15, 0.2) is 52.3 Å². The molecule has 0 saturated carbocycles. The van der Waals surface area contributed by atoms with Crippen LogP contribution in [0.5, 0.6) is 11.5 Å². The second-order valence-corrected chi connectivity index (χ2v) is 9.17. The largest absolute Gasteiger partial charge is 0.454 e. The molecular formula is C23H20N4O4S2. The number of amides is 1. The molecule has 5 rings (SSSR count). The van der Waals surface area contributed by atoms with Crippen LogP contribution in [0.3, 0.4) is 0 Å². The van der Waals surface area contributed by atoms with Gasteiger partial charge in [-0.25, -0.2) is 4.98 Å². The molecule has 0 aliphatic carbocycles. The summed E-state index contributed by atoms with van der Waals surface area (Å²) in [6, 6.07) is 10.9. The van der Waals surface area contributed by atoms with Gasteiger partial charge in [0.2, 0.25) is 6.79 Å². The Hall–Kier alpha value is -3.37. The van der Waals surface area contributed by atoms with Gasteiger partial charge in [-0.3, -0.25) is 18.9 Å². The van der Waals surface area contributed by atoms with Crippen molar-refractivity contribution in [3.63, 3.8) is 0 Å². The van der Waals surface area contributed by atoms with E-state index in [0.29, 0.717) is 50.8 Å². The Balaban J connectivity index is 1.48. The number of rotatable bonds is 6. The van der Waals surface area contributed by atoms with Crippen molar-refractivity contribution < 1.29 is 14.3 Å². The molecule has 2 aliphatic rings. The molecular weight excluding hydrogens is 460 g/mol. The Bertz CT molecular complexity index is 1370. The van der Waals surface area contributed by atoms with Crippen LogP contribution in [-0.2, 0) is 11.3 Å². The minimum absolute atomic E-state index is 0.187. The van der Waals surface area contributed by atoms with Gasteiger partial charge in [0, 0.05) is 12.7 Å². The average molecular weight is 481 g/mol. The highest BCUT2D eigenvalue weighted by Gasteiger charge is 2.33. The first kappa shape index (κ1) is 21.5. The van der Waals surface area contributed by atoms with Crippen molar-refractivity contribution >= 4 is 51.7 Å². The molecule has 33 heavy (non-hydrogen) atoms. The third-order valence-corrected chi connectivity index (χ3v) is 6.62. The highest BCUT2D eigenvalue weighted by Crippen LogP contribution is 2.36. The predicted octanol–water partition coefficient (Wildman–Crippen LogP) is 3.65. The van der Waals surface area contributed by atoms with Crippen LogP contribution in [0, 0.1) is 0 Å². The number of ether oxygens (including phenoxy) is 2. The summed E-state index contributed by atoms with van der Waals surface area (Å²) in [5, 5.41) is 3.21. The Morgan fingerprint density at radius 2 is 2.06 bits per heavy atom. The van der Waals surface area contributed by atoms with Gasteiger partial charge in [-0.05, 0) is 42.3 Å². The van der Waals surface area contributed by atoms with Crippen molar-refractivity contribution in [2.45, 2.75) is 19.9 Å². The zero-order valence-corrected chi connectivity index (χ0v) is 19.4. The molecule has 2 aromatic heterocycles. The number of hydrogen-bond donors (Lipinski definition) is 1. The number of nitrogens with one attached hydrogen (secondary N) is 1. The summed E-state index contributed by atoms with van der Waals surface area (Å²) < 4.78 is 12.7. The molecule has 0 radical (unpaired) electrons. The Kier molecular flexibility index (Phi) is 5.77. The van der Waals surface area contributed by atoms with Gasteiger partial charge < -0.3 is 14.8 Å². The summed E-state index contributed by atoms with van der Waals surface area (Å²) >= 11 is 6.66. The number of aromatic nitrogens is 2. The summed E-state index contributed by atoms with van der Waals surface area (Å²) in [4.78, 5) is 32.9. The topological polar surface area (TPSA) is 85.2 Å². The fraction of sp³-hybridized carbons (Fsp3) is 0.217. The number of pyridine rings is 1. The third kappa shape index (κ3) is 4.07. The van der Waals surface area contributed by atoms with Crippen molar-refractivity contribution in [1.82, 2.24) is 14.3 Å². The third-order valence-electron chi connectivity index (χ3n) is 5.24. The molecule has 3 aromatic rings. The van der Waals surface area contributed by atoms with E-state index in [0.717, 1.165) is 12.0 Å². The minimum atomic E-state index is -0.250. The first-order chi connectivity index (χ1) is 16.0. The number of anilines is 1. The molecule has 10 heteroatoms. The lowest BCUT2D eigenvalue weighted by Gasteiger charge is -2.14. The molecule has 168 valence electrons. The molecule has 0 bridgehead atoms. The fourth-order valence-electron chi connectivity index (χ4n) is 3.60. The standard InChI is InChI=1S/C23H20N4O4S2/c1-2-8-24-20-15(21(28)26-9-4-3-5-19(26)25-20)11-18-22(29)27(23(32)33-18)12-14-6-7-16-17(10-14)31-13-30-16/h3-7,9-11,24H,2,8,12-13H2,1H3/b18-11-. The van der Waals surface area contributed by atoms with Gasteiger partial charge in [0.1, 0.15) is 15.8 Å². The van der Waals surface area contributed by atoms with Crippen LogP contribution in [0.4, 0.5) is 5.82 Å². The van der Waals surface area contributed by atoms with Crippen LogP contribution in [0.1, 0.15) is 24.5 Å². The zero-order valence-electron chi connectivity index (χ0n) is 17.7. The van der Waals surface area contributed by atoms with Gasteiger partial charge in [-0.2, -0.15) is 0 Å². The van der Waals surface area contributed by atoms with E-state index in [4.69, 9.17) is 21.7 Å². The summed E-state index contributed by atoms with van der Waals surface area (Å²) in [5.74, 6) is 1.53. The van der Waals surface area contributed by atoms with E-state index in [9.17, 15) is 9.59 Å². The maximum Gasteiger partial charge on any atom is 0.267 e. The van der Waals surface area contributed by atoms with Crippen molar-refractivity contribution in [3.05, 3.63) is 69.0 Å². The SMILES string of the molecule is CCCNc1nc2ccccn2c(=O)c1/C=C1\SC(=S)N(Cc2ccc3c(c2)OCO3)C1=O. The number of thiocarbonyl (C=S) groups is 1. The monoisotopic (exact) mass is 480 g/mol. The van der Waals surface area contributed by atoms with Gasteiger partial charge in [0.25, 0.3) is 11.5 Å². The van der Waals surface area contributed by atoms with Crippen molar-refractivity contribution in [3.8, 4) is 11.5 Å². The number of benzene rings is 1. The number of nitrogens with zero attached hydrogens (tertiary/aromatic N) is 3. The molecule has 1 N–H and O–H groups in total. The van der Waals surface area contributed by atoms with Crippen LogP contribution in [-0.4, -0.2) is 37.8 Å². The molecule has 0 unspecified atom stereocenters. The number of hydrogen-bond acceptors (Lipinski definition) is 8. The highest BCUT2D eigenvalue weighted by atomic mass is 32.2. The van der Waals surface area contributed by atoms with E-state index in [2.05, 4.69) is 10.3 Å². The van der Waals surface area contributed by atoms with E-state index in [1.165, 1.54) is 21.1 Å². The lowest BCUT2D eigenvalue weighted by atomic mass is 10.2. The van der Waals surface area contributed by atoms with Gasteiger partial charge in [0.05, 0.1) is 17.0 Å². The van der Waals surface area contributed by atoms with Crippen molar-refractivity contribution in [2.24, 2.45) is 0 Å². The van der Waals surface area contributed by atoms with Gasteiger partial charge in [-0.15, -0.1) is 0 Å². The van der Waals surface area contributed by atoms with Gasteiger partial charge in [-0.1, -0.05) is 43.0 Å². The normalized spacial score (nSPS) is 16.3. The summed E-state index contributed by atoms with van der Waals surface area (Å²) in [5.41, 5.74) is 1.49. The van der Waals surface area contributed by atoms with Crippen LogP contribution >= 0.6 is 24.0 Å². The molecule has 1 amide bonds. The summed E-state index contributed by atoms with van der Waals surface area (Å²) in [7, 11) is 0. The Morgan fingerprint density at radius 3 is 2.91 bits per heavy atom. The van der Waals surface area contributed by atoms with E-state index in [1.54, 1.807) is 24.4 Å². The number of fused-ring (bicyclic) bond motifs is 2. The lowest BCUT2D eigenvalue weighted by Crippen LogP contribution is -2.27. The molecule has 4 heterocycles. The molecule has 1 aromatic carbocycles. The molecule has 0 spiro atoms. The Morgan fingerprint density at radius 1 is 1.21 bits per heavy atom. The highest BCUT2D eigenvalue weighted by molar-refractivity contribution is 8.26. The van der Waals surface area contributed by atoms with Gasteiger partial charge >= 0.3 is 0 Å². The van der Waals surface area contributed by atoms with Crippen LogP contribution < -0.4 is 20.3 Å². The first-order valence-electron chi connectivity index (χ1n) is 10.4. The first-order valence-corrected chi connectivity index (χ1v) is 11.7. The van der Waals surface area contributed by atoms with Crippen LogP contribution in [0.2, 0.25) is 0 Å². The molecule has 2 aliphatic heterocycles. The molecule has 0 atom stereocenters. The second kappa shape index (κ2) is 8.87. The van der Waals surface area contributed by atoms with Crippen molar-refractivity contribution in [2.75, 3.05) is 18.7 Å². The fourth-order valence-corrected chi connectivity index (χ4v) is 4.84. The average Bonchev–Trinajstić information content (AvgIpc) is 3.39. The predicted molar refractivity (Wildman–Crippen MR) is 132 cm³/mol. The van der Waals surface area contributed by atoms with E-state index in [1.807, 2.05) is 31.2 Å². The van der Waals surface area contributed by atoms with Crippen LogP contribution in [0.25, 0.3) is 11.7 Å². The van der Waals surface area contributed by atoms with Crippen molar-refractivity contribution in [1.29, 1.82) is 0 Å². The number of carbonyl (C=O) groups is 1. The lowest BCUT2D eigenvalue weighted by molar-refractivity contribution is -0.122. The maximum absolute atomic E-state index is 13.2. The smallest absolute Gasteiger partial charge is 0.267 e. The second-order valence-electron chi connectivity index (χ2n) is 7.49. The number of thioether (sulfide) groups is 1. The molecule has 1 saturated heterocycles. The van der Waals surface area contributed by atoms with E-state index in [-0.39, 0.29) is 18.3 Å². The zero-order chi connectivity index (χ0) is 22.9. The Labute approximate surface area is 199 Å². The van der Waals surface area contributed by atoms with E-state index >= 15 is 0 Å². The summed E-state index contributed by atoms with van der Waals surface area (Å²) in [6.07, 6.45) is 4.12.